The van der Waals surface area contributed by atoms with E-state index in [9.17, 15) is 12.8 Å². The summed E-state index contributed by atoms with van der Waals surface area (Å²) in [5, 5.41) is 8.72. The Labute approximate surface area is 118 Å². The van der Waals surface area contributed by atoms with Crippen molar-refractivity contribution >= 4 is 15.9 Å². The van der Waals surface area contributed by atoms with Gasteiger partial charge in [-0.1, -0.05) is 13.8 Å². The maximum Gasteiger partial charge on any atom is 0.301 e. The number of aliphatic hydroxyl groups is 1. The number of nitrogens with one attached hydrogen (secondary N) is 1. The molecule has 2 N–H and O–H groups in total. The highest BCUT2D eigenvalue weighted by Crippen LogP contribution is 2.27. The van der Waals surface area contributed by atoms with E-state index in [1.165, 1.54) is 10.4 Å². The molecule has 1 rings (SSSR count). The second-order valence-corrected chi connectivity index (χ2v) is 5.57. The van der Waals surface area contributed by atoms with E-state index in [4.69, 9.17) is 9.84 Å². The lowest BCUT2D eigenvalue weighted by atomic mass is 10.3. The van der Waals surface area contributed by atoms with Crippen LogP contribution in [0.1, 0.15) is 13.8 Å². The first-order valence-corrected chi connectivity index (χ1v) is 7.69. The molecule has 1 aromatic carbocycles. The van der Waals surface area contributed by atoms with Crippen molar-refractivity contribution in [3.05, 3.63) is 24.0 Å². The summed E-state index contributed by atoms with van der Waals surface area (Å²) in [6.07, 6.45) is 0. The van der Waals surface area contributed by atoms with Gasteiger partial charge in [0, 0.05) is 19.2 Å². The highest BCUT2D eigenvalue weighted by atomic mass is 32.2. The van der Waals surface area contributed by atoms with Crippen LogP contribution in [0.25, 0.3) is 0 Å². The summed E-state index contributed by atoms with van der Waals surface area (Å²) in [5.74, 6) is -0.515. The lowest BCUT2D eigenvalue weighted by molar-refractivity contribution is 0.201. The second kappa shape index (κ2) is 7.41. The van der Waals surface area contributed by atoms with Gasteiger partial charge < -0.3 is 9.84 Å². The Kier molecular flexibility index (Phi) is 6.18. The van der Waals surface area contributed by atoms with E-state index in [2.05, 4.69) is 4.72 Å². The summed E-state index contributed by atoms with van der Waals surface area (Å²) in [5.41, 5.74) is 0.131. The molecule has 0 saturated heterocycles. The fourth-order valence-electron chi connectivity index (χ4n) is 1.62. The first-order valence-electron chi connectivity index (χ1n) is 6.25. The third-order valence-corrected chi connectivity index (χ3v) is 4.25. The normalized spacial score (nSPS) is 11.7. The van der Waals surface area contributed by atoms with E-state index in [-0.39, 0.29) is 24.7 Å². The van der Waals surface area contributed by atoms with Gasteiger partial charge in [-0.25, -0.2) is 4.39 Å². The zero-order chi connectivity index (χ0) is 15.2. The standard InChI is InChI=1S/C12H19FN2O4S/c1-3-15(4-2)20(17,18)14-11-6-5-10(13)9-12(11)19-8-7-16/h5-6,9,14,16H,3-4,7-8H2,1-2H3. The Hall–Kier alpha value is -1.38. The lowest BCUT2D eigenvalue weighted by Crippen LogP contribution is -2.35. The molecule has 0 atom stereocenters. The van der Waals surface area contributed by atoms with E-state index >= 15 is 0 Å². The molecule has 1 aromatic rings. The molecule has 20 heavy (non-hydrogen) atoms. The number of benzene rings is 1. The molecule has 0 aliphatic heterocycles. The molecule has 6 nitrogen and oxygen atoms in total. The molecular formula is C12H19FN2O4S. The van der Waals surface area contributed by atoms with Crippen LogP contribution >= 0.6 is 0 Å². The smallest absolute Gasteiger partial charge is 0.301 e. The predicted octanol–water partition coefficient (Wildman–Crippen LogP) is 1.20. The molecular weight excluding hydrogens is 287 g/mol. The van der Waals surface area contributed by atoms with E-state index in [0.29, 0.717) is 13.1 Å². The molecule has 0 spiro atoms. The quantitative estimate of drug-likeness (QED) is 0.756. The number of aliphatic hydroxyl groups excluding tert-OH is 1. The van der Waals surface area contributed by atoms with Gasteiger partial charge in [-0.15, -0.1) is 0 Å². The van der Waals surface area contributed by atoms with Crippen molar-refractivity contribution in [1.82, 2.24) is 4.31 Å². The van der Waals surface area contributed by atoms with Gasteiger partial charge in [0.05, 0.1) is 12.3 Å². The molecule has 0 heterocycles. The van der Waals surface area contributed by atoms with Crippen molar-refractivity contribution in [1.29, 1.82) is 0 Å². The molecule has 0 radical (unpaired) electrons. The van der Waals surface area contributed by atoms with Gasteiger partial charge in [-0.3, -0.25) is 4.72 Å². The first-order chi connectivity index (χ1) is 9.44. The summed E-state index contributed by atoms with van der Waals surface area (Å²) in [7, 11) is -3.72. The van der Waals surface area contributed by atoms with Crippen LogP contribution in [0.3, 0.4) is 0 Å². The average Bonchev–Trinajstić information content (AvgIpc) is 2.39. The van der Waals surface area contributed by atoms with Crippen LogP contribution < -0.4 is 9.46 Å². The predicted molar refractivity (Wildman–Crippen MR) is 74.4 cm³/mol. The van der Waals surface area contributed by atoms with E-state index in [0.717, 1.165) is 12.1 Å². The number of halogens is 1. The van der Waals surface area contributed by atoms with Crippen LogP contribution in [0.15, 0.2) is 18.2 Å². The molecule has 0 aliphatic carbocycles. The lowest BCUT2D eigenvalue weighted by Gasteiger charge is -2.20. The van der Waals surface area contributed by atoms with Crippen LogP contribution in [0, 0.1) is 5.82 Å². The molecule has 0 amide bonds. The zero-order valence-electron chi connectivity index (χ0n) is 11.5. The number of anilines is 1. The van der Waals surface area contributed by atoms with Crippen LogP contribution in [0.5, 0.6) is 5.75 Å². The topological polar surface area (TPSA) is 78.9 Å². The summed E-state index contributed by atoms with van der Waals surface area (Å²) >= 11 is 0. The van der Waals surface area contributed by atoms with E-state index in [1.807, 2.05) is 0 Å². The maximum atomic E-state index is 13.2. The largest absolute Gasteiger partial charge is 0.489 e. The Balaban J connectivity index is 3.01. The molecule has 0 saturated carbocycles. The average molecular weight is 306 g/mol. The zero-order valence-corrected chi connectivity index (χ0v) is 12.3. The van der Waals surface area contributed by atoms with E-state index < -0.39 is 16.0 Å². The minimum Gasteiger partial charge on any atom is -0.489 e. The Morgan fingerprint density at radius 1 is 1.35 bits per heavy atom. The van der Waals surface area contributed by atoms with Crippen molar-refractivity contribution in [2.24, 2.45) is 0 Å². The third-order valence-electron chi connectivity index (χ3n) is 2.58. The fraction of sp³-hybridized carbons (Fsp3) is 0.500. The summed E-state index contributed by atoms with van der Waals surface area (Å²) in [6.45, 7) is 3.77. The van der Waals surface area contributed by atoms with Crippen LogP contribution in [-0.2, 0) is 10.2 Å². The summed E-state index contributed by atoms with van der Waals surface area (Å²) in [4.78, 5) is 0. The van der Waals surface area contributed by atoms with Crippen molar-refractivity contribution in [3.8, 4) is 5.75 Å². The number of nitrogens with zero attached hydrogens (tertiary/aromatic N) is 1. The van der Waals surface area contributed by atoms with Crippen molar-refractivity contribution in [2.45, 2.75) is 13.8 Å². The van der Waals surface area contributed by atoms with Gasteiger partial charge in [0.25, 0.3) is 0 Å². The SMILES string of the molecule is CCN(CC)S(=O)(=O)Nc1ccc(F)cc1OCCO. The monoisotopic (exact) mass is 306 g/mol. The Morgan fingerprint density at radius 2 is 2.00 bits per heavy atom. The highest BCUT2D eigenvalue weighted by Gasteiger charge is 2.20. The second-order valence-electron chi connectivity index (χ2n) is 3.90. The van der Waals surface area contributed by atoms with Gasteiger partial charge in [0.15, 0.2) is 0 Å². The minimum absolute atomic E-state index is 0.0368. The van der Waals surface area contributed by atoms with Gasteiger partial charge in [-0.05, 0) is 12.1 Å². The first kappa shape index (κ1) is 16.7. The van der Waals surface area contributed by atoms with Gasteiger partial charge in [0.1, 0.15) is 18.2 Å². The van der Waals surface area contributed by atoms with Gasteiger partial charge in [0.2, 0.25) is 0 Å². The Bertz CT molecular complexity index is 532. The molecule has 0 bridgehead atoms. The summed E-state index contributed by atoms with van der Waals surface area (Å²) in [6, 6.07) is 3.48. The molecule has 0 fully saturated rings. The molecule has 114 valence electrons. The minimum atomic E-state index is -3.72. The number of rotatable bonds is 8. The number of hydrogen-bond donors (Lipinski definition) is 2. The van der Waals surface area contributed by atoms with Gasteiger partial charge >= 0.3 is 10.2 Å². The van der Waals surface area contributed by atoms with Crippen molar-refractivity contribution in [2.75, 3.05) is 31.0 Å². The highest BCUT2D eigenvalue weighted by molar-refractivity contribution is 7.90. The third kappa shape index (κ3) is 4.32. The molecule has 8 heteroatoms. The van der Waals surface area contributed by atoms with Gasteiger partial charge in [-0.2, -0.15) is 12.7 Å². The van der Waals surface area contributed by atoms with Crippen LogP contribution in [0.4, 0.5) is 10.1 Å². The fourth-order valence-corrected chi connectivity index (χ4v) is 2.88. The number of hydrogen-bond acceptors (Lipinski definition) is 4. The molecule has 0 aliphatic rings. The van der Waals surface area contributed by atoms with Crippen LogP contribution in [0.2, 0.25) is 0 Å². The van der Waals surface area contributed by atoms with E-state index in [1.54, 1.807) is 13.8 Å². The summed E-state index contributed by atoms with van der Waals surface area (Å²) < 4.78 is 46.0. The Morgan fingerprint density at radius 3 is 2.55 bits per heavy atom. The van der Waals surface area contributed by atoms with Crippen molar-refractivity contribution < 1.29 is 22.7 Å². The van der Waals surface area contributed by atoms with Crippen molar-refractivity contribution in [3.63, 3.8) is 0 Å². The molecule has 0 unspecified atom stereocenters. The molecule has 0 aromatic heterocycles. The maximum absolute atomic E-state index is 13.2. The van der Waals surface area contributed by atoms with Crippen LogP contribution in [-0.4, -0.2) is 44.1 Å². The number of ether oxygens (including phenoxy) is 1.